The largest absolute Gasteiger partial charge is 0.381 e. The molecule has 27 heavy (non-hydrogen) atoms. The lowest BCUT2D eigenvalue weighted by molar-refractivity contribution is 0.156. The van der Waals surface area contributed by atoms with Gasteiger partial charge < -0.3 is 19.9 Å². The second kappa shape index (κ2) is 9.31. The molecule has 7 heteroatoms. The van der Waals surface area contributed by atoms with E-state index in [2.05, 4.69) is 60.3 Å². The highest BCUT2D eigenvalue weighted by Gasteiger charge is 2.42. The Hall–Kier alpha value is -0.540. The van der Waals surface area contributed by atoms with E-state index in [1.807, 2.05) is 7.05 Å². The van der Waals surface area contributed by atoms with Crippen molar-refractivity contribution in [3.63, 3.8) is 0 Å². The fraction of sp³-hybridized carbons (Fsp3) is 0.650. The molecular weight excluding hydrogens is 519 g/mol. The smallest absolute Gasteiger partial charge is 0.193 e. The summed E-state index contributed by atoms with van der Waals surface area (Å²) in [4.78, 5) is 9.46. The first kappa shape index (κ1) is 21.2. The highest BCUT2D eigenvalue weighted by molar-refractivity contribution is 14.0. The third kappa shape index (κ3) is 4.90. The molecule has 3 fully saturated rings. The van der Waals surface area contributed by atoms with Crippen LogP contribution in [0.15, 0.2) is 33.7 Å². The molecule has 2 atom stereocenters. The number of nitrogens with zero attached hydrogens (tertiary/aromatic N) is 3. The molecule has 0 saturated carbocycles. The number of aliphatic imine (C=N–C) groups is 1. The van der Waals surface area contributed by atoms with Crippen LogP contribution < -0.4 is 10.2 Å². The lowest BCUT2D eigenvalue weighted by Gasteiger charge is -2.26. The molecule has 3 aliphatic rings. The fourth-order valence-corrected chi connectivity index (χ4v) is 4.81. The predicted octanol–water partition coefficient (Wildman–Crippen LogP) is 3.58. The van der Waals surface area contributed by atoms with Crippen molar-refractivity contribution in [2.45, 2.75) is 19.3 Å². The highest BCUT2D eigenvalue weighted by Crippen LogP contribution is 2.38. The molecule has 1 aromatic rings. The fourth-order valence-electron chi connectivity index (χ4n) is 4.54. The Morgan fingerprint density at radius 2 is 2.11 bits per heavy atom. The molecule has 3 aliphatic heterocycles. The van der Waals surface area contributed by atoms with Crippen LogP contribution in [0.25, 0.3) is 0 Å². The van der Waals surface area contributed by atoms with Gasteiger partial charge in [-0.15, -0.1) is 24.0 Å². The quantitative estimate of drug-likeness (QED) is 0.356. The molecule has 150 valence electrons. The van der Waals surface area contributed by atoms with E-state index in [9.17, 15) is 0 Å². The second-order valence-electron chi connectivity index (χ2n) is 7.98. The Bertz CT molecular complexity index is 648. The normalized spacial score (nSPS) is 28.1. The summed E-state index contributed by atoms with van der Waals surface area (Å²) in [5.41, 5.74) is 1.70. The number of ether oxygens (including phenoxy) is 1. The third-order valence-corrected chi connectivity index (χ3v) is 6.69. The predicted molar refractivity (Wildman–Crippen MR) is 125 cm³/mol. The van der Waals surface area contributed by atoms with Crippen LogP contribution in [0.4, 0.5) is 5.69 Å². The topological polar surface area (TPSA) is 40.1 Å². The molecular formula is C20H30BrIN4O. The Morgan fingerprint density at radius 1 is 1.30 bits per heavy atom. The van der Waals surface area contributed by atoms with Crippen molar-refractivity contribution in [2.24, 2.45) is 16.3 Å². The number of anilines is 1. The Kier molecular flexibility index (Phi) is 7.30. The maximum atomic E-state index is 5.65. The molecule has 0 aliphatic carbocycles. The molecule has 1 N–H and O–H groups in total. The Labute approximate surface area is 188 Å². The summed E-state index contributed by atoms with van der Waals surface area (Å²) in [6.45, 7) is 7.28. The van der Waals surface area contributed by atoms with Gasteiger partial charge in [-0.05, 0) is 49.4 Å². The summed E-state index contributed by atoms with van der Waals surface area (Å²) < 4.78 is 6.79. The molecule has 0 amide bonds. The van der Waals surface area contributed by atoms with E-state index in [-0.39, 0.29) is 24.0 Å². The molecule has 1 spiro atoms. The standard InChI is InChI=1S/C20H29BrN4O.HI/c1-22-19(25-10-7-20(14-25)8-11-26-15-20)23-12-16-6-9-24(13-16)18-4-2-17(21)3-5-18;/h2-5,16H,6-15H2,1H3,(H,22,23);1H. The molecule has 3 saturated heterocycles. The summed E-state index contributed by atoms with van der Waals surface area (Å²) in [5.74, 6) is 1.73. The van der Waals surface area contributed by atoms with Gasteiger partial charge in [0.05, 0.1) is 6.61 Å². The summed E-state index contributed by atoms with van der Waals surface area (Å²) in [6.07, 6.45) is 3.66. The van der Waals surface area contributed by atoms with E-state index in [1.165, 1.54) is 24.9 Å². The average molecular weight is 549 g/mol. The van der Waals surface area contributed by atoms with Crippen molar-refractivity contribution in [1.82, 2.24) is 10.2 Å². The minimum Gasteiger partial charge on any atom is -0.381 e. The van der Waals surface area contributed by atoms with Gasteiger partial charge in [-0.2, -0.15) is 0 Å². The summed E-state index contributed by atoms with van der Waals surface area (Å²) in [6, 6.07) is 8.65. The Balaban J connectivity index is 0.00000210. The van der Waals surface area contributed by atoms with Crippen LogP contribution in [0.5, 0.6) is 0 Å². The number of rotatable bonds is 3. The maximum absolute atomic E-state index is 5.65. The zero-order valence-corrected chi connectivity index (χ0v) is 19.9. The molecule has 2 unspecified atom stereocenters. The molecule has 3 heterocycles. The average Bonchev–Trinajstić information content (AvgIpc) is 3.39. The number of likely N-dealkylation sites (tertiary alicyclic amines) is 1. The molecule has 0 radical (unpaired) electrons. The van der Waals surface area contributed by atoms with Gasteiger partial charge in [0.25, 0.3) is 0 Å². The number of hydrogen-bond acceptors (Lipinski definition) is 3. The van der Waals surface area contributed by atoms with Gasteiger partial charge in [0.15, 0.2) is 5.96 Å². The lowest BCUT2D eigenvalue weighted by Crippen LogP contribution is -2.43. The molecule has 0 bridgehead atoms. The van der Waals surface area contributed by atoms with Crippen molar-refractivity contribution in [1.29, 1.82) is 0 Å². The van der Waals surface area contributed by atoms with Crippen LogP contribution in [0.1, 0.15) is 19.3 Å². The third-order valence-electron chi connectivity index (χ3n) is 6.16. The van der Waals surface area contributed by atoms with Gasteiger partial charge in [0.1, 0.15) is 0 Å². The van der Waals surface area contributed by atoms with Crippen molar-refractivity contribution >= 4 is 51.6 Å². The van der Waals surface area contributed by atoms with Crippen LogP contribution in [-0.4, -0.2) is 63.8 Å². The van der Waals surface area contributed by atoms with Crippen LogP contribution in [0.2, 0.25) is 0 Å². The van der Waals surface area contributed by atoms with E-state index < -0.39 is 0 Å². The number of guanidine groups is 1. The van der Waals surface area contributed by atoms with E-state index in [0.717, 1.165) is 56.4 Å². The van der Waals surface area contributed by atoms with Crippen LogP contribution in [-0.2, 0) is 4.74 Å². The van der Waals surface area contributed by atoms with Gasteiger partial charge in [0.2, 0.25) is 0 Å². The highest BCUT2D eigenvalue weighted by atomic mass is 127. The number of halogens is 2. The van der Waals surface area contributed by atoms with Gasteiger partial charge >= 0.3 is 0 Å². The number of hydrogen-bond donors (Lipinski definition) is 1. The molecule has 0 aromatic heterocycles. The zero-order chi connectivity index (χ0) is 18.0. The lowest BCUT2D eigenvalue weighted by atomic mass is 9.87. The van der Waals surface area contributed by atoms with Gasteiger partial charge in [-0.25, -0.2) is 0 Å². The van der Waals surface area contributed by atoms with E-state index >= 15 is 0 Å². The van der Waals surface area contributed by atoms with Gasteiger partial charge in [0, 0.05) is 62.0 Å². The minimum atomic E-state index is 0. The van der Waals surface area contributed by atoms with Crippen molar-refractivity contribution < 1.29 is 4.74 Å². The molecule has 4 rings (SSSR count). The van der Waals surface area contributed by atoms with E-state index in [4.69, 9.17) is 4.74 Å². The Morgan fingerprint density at radius 3 is 2.81 bits per heavy atom. The second-order valence-corrected chi connectivity index (χ2v) is 8.90. The monoisotopic (exact) mass is 548 g/mol. The zero-order valence-electron chi connectivity index (χ0n) is 16.0. The number of benzene rings is 1. The SMILES string of the molecule is CN=C(NCC1CCN(c2ccc(Br)cc2)C1)N1CCC2(CCOC2)C1.I. The van der Waals surface area contributed by atoms with Crippen molar-refractivity contribution in [2.75, 3.05) is 57.9 Å². The van der Waals surface area contributed by atoms with Gasteiger partial charge in [-0.1, -0.05) is 15.9 Å². The van der Waals surface area contributed by atoms with Crippen LogP contribution >= 0.6 is 39.9 Å². The van der Waals surface area contributed by atoms with E-state index in [1.54, 1.807) is 0 Å². The van der Waals surface area contributed by atoms with Crippen LogP contribution in [0, 0.1) is 11.3 Å². The van der Waals surface area contributed by atoms with Gasteiger partial charge in [-0.3, -0.25) is 4.99 Å². The first-order chi connectivity index (χ1) is 12.7. The number of nitrogens with one attached hydrogen (secondary N) is 1. The summed E-state index contributed by atoms with van der Waals surface area (Å²) in [5, 5.41) is 3.64. The van der Waals surface area contributed by atoms with Crippen LogP contribution in [0.3, 0.4) is 0 Å². The van der Waals surface area contributed by atoms with E-state index in [0.29, 0.717) is 11.3 Å². The molecule has 1 aromatic carbocycles. The summed E-state index contributed by atoms with van der Waals surface area (Å²) in [7, 11) is 1.90. The van der Waals surface area contributed by atoms with Crippen molar-refractivity contribution in [3.8, 4) is 0 Å². The van der Waals surface area contributed by atoms with Crippen molar-refractivity contribution in [3.05, 3.63) is 28.7 Å². The first-order valence-electron chi connectivity index (χ1n) is 9.71. The minimum absolute atomic E-state index is 0. The maximum Gasteiger partial charge on any atom is 0.193 e. The molecule has 5 nitrogen and oxygen atoms in total. The summed E-state index contributed by atoms with van der Waals surface area (Å²) >= 11 is 3.51. The first-order valence-corrected chi connectivity index (χ1v) is 10.5.